The van der Waals surface area contributed by atoms with E-state index in [0.717, 1.165) is 18.5 Å². The van der Waals surface area contributed by atoms with Crippen LogP contribution in [0, 0.1) is 0 Å². The van der Waals surface area contributed by atoms with Crippen LogP contribution in [0.15, 0.2) is 29.6 Å². The summed E-state index contributed by atoms with van der Waals surface area (Å²) in [6.07, 6.45) is 2.21. The maximum Gasteiger partial charge on any atom is 0.257 e. The number of hydrogen-bond donors (Lipinski definition) is 4. The number of benzene rings is 1. The minimum absolute atomic E-state index is 0.0768. The van der Waals surface area contributed by atoms with Crippen LogP contribution in [0.25, 0.3) is 0 Å². The Balaban J connectivity index is 1.99. The third-order valence-electron chi connectivity index (χ3n) is 4.19. The summed E-state index contributed by atoms with van der Waals surface area (Å²) >= 11 is 1.39. The van der Waals surface area contributed by atoms with Gasteiger partial charge in [0, 0.05) is 22.0 Å². The zero-order valence-electron chi connectivity index (χ0n) is 16.6. The topological polar surface area (TPSA) is 123 Å². The third-order valence-corrected chi connectivity index (χ3v) is 4.95. The van der Waals surface area contributed by atoms with E-state index in [1.165, 1.54) is 11.3 Å². The quantitative estimate of drug-likeness (QED) is 0.504. The molecule has 0 unspecified atom stereocenters. The number of nitrogens with two attached hydrogens (primary N) is 2. The predicted molar refractivity (Wildman–Crippen MR) is 115 cm³/mol. The van der Waals surface area contributed by atoms with E-state index < -0.39 is 6.04 Å². The molecule has 1 aromatic carbocycles. The fraction of sp³-hybridized carbons (Fsp3) is 0.450. The van der Waals surface area contributed by atoms with Crippen molar-refractivity contribution < 1.29 is 9.59 Å². The molecule has 2 rings (SSSR count). The molecular formula is C20H29N5O2S. The highest BCUT2D eigenvalue weighted by Crippen LogP contribution is 2.26. The summed E-state index contributed by atoms with van der Waals surface area (Å²) in [6.45, 7) is 6.80. The van der Waals surface area contributed by atoms with Gasteiger partial charge >= 0.3 is 0 Å². The van der Waals surface area contributed by atoms with Crippen LogP contribution in [0.3, 0.4) is 0 Å². The van der Waals surface area contributed by atoms with Crippen LogP contribution in [0.1, 0.15) is 56.1 Å². The molecule has 0 saturated carbocycles. The van der Waals surface area contributed by atoms with E-state index in [9.17, 15) is 9.59 Å². The Labute approximate surface area is 169 Å². The first kappa shape index (κ1) is 22.0. The van der Waals surface area contributed by atoms with Crippen LogP contribution in [0.5, 0.6) is 0 Å². The maximum atomic E-state index is 12.5. The molecule has 0 spiro atoms. The monoisotopic (exact) mass is 403 g/mol. The Kier molecular flexibility index (Phi) is 7.68. The lowest BCUT2D eigenvalue weighted by atomic mass is 9.93. The van der Waals surface area contributed by atoms with Gasteiger partial charge < -0.3 is 16.8 Å². The van der Waals surface area contributed by atoms with Crippen molar-refractivity contribution in [2.75, 3.05) is 17.2 Å². The highest BCUT2D eigenvalue weighted by Gasteiger charge is 2.19. The van der Waals surface area contributed by atoms with Crippen LogP contribution in [-0.4, -0.2) is 29.4 Å². The summed E-state index contributed by atoms with van der Waals surface area (Å²) in [5.41, 5.74) is 13.2. The second-order valence-electron chi connectivity index (χ2n) is 7.70. The van der Waals surface area contributed by atoms with Crippen molar-refractivity contribution in [2.24, 2.45) is 11.5 Å². The van der Waals surface area contributed by atoms with Gasteiger partial charge in [-0.25, -0.2) is 4.98 Å². The lowest BCUT2D eigenvalue weighted by Crippen LogP contribution is -2.35. The summed E-state index contributed by atoms with van der Waals surface area (Å²) in [4.78, 5) is 29.2. The average molecular weight is 404 g/mol. The van der Waals surface area contributed by atoms with Crippen molar-refractivity contribution in [3.05, 3.63) is 40.9 Å². The molecule has 0 radical (unpaired) electrons. The normalized spacial score (nSPS) is 12.5. The summed E-state index contributed by atoms with van der Waals surface area (Å²) in [5, 5.41) is 8.06. The minimum atomic E-state index is -0.602. The molecule has 0 bridgehead atoms. The van der Waals surface area contributed by atoms with Crippen molar-refractivity contribution >= 4 is 34.0 Å². The molecular weight excluding hydrogens is 374 g/mol. The van der Waals surface area contributed by atoms with Crippen LogP contribution >= 0.6 is 11.3 Å². The van der Waals surface area contributed by atoms with Crippen LogP contribution < -0.4 is 22.1 Å². The zero-order chi connectivity index (χ0) is 20.7. The van der Waals surface area contributed by atoms with E-state index in [2.05, 4.69) is 36.4 Å². The van der Waals surface area contributed by atoms with Gasteiger partial charge in [0.15, 0.2) is 5.13 Å². The standard InChI is InChI=1S/C20H29N5O2S/c1-20(2,3)16-12-28-19(24-16)25-17(26)13-7-6-8-14(11-13)23-18(27)15(22)9-4-5-10-21/h6-8,11-12,15H,4-5,9-10,21-22H2,1-3H3,(H,23,27)(H,24,25,26)/t15-/m0/s1. The average Bonchev–Trinajstić information content (AvgIpc) is 3.11. The first-order chi connectivity index (χ1) is 13.2. The van der Waals surface area contributed by atoms with E-state index in [0.29, 0.717) is 29.3 Å². The van der Waals surface area contributed by atoms with Crippen molar-refractivity contribution in [1.82, 2.24) is 4.98 Å². The number of hydrogen-bond acceptors (Lipinski definition) is 6. The molecule has 7 nitrogen and oxygen atoms in total. The first-order valence-corrected chi connectivity index (χ1v) is 10.2. The Hall–Kier alpha value is -2.29. The van der Waals surface area contributed by atoms with Crippen molar-refractivity contribution in [1.29, 1.82) is 0 Å². The maximum absolute atomic E-state index is 12.5. The highest BCUT2D eigenvalue weighted by atomic mass is 32.1. The number of nitrogens with zero attached hydrogens (tertiary/aromatic N) is 1. The number of rotatable bonds is 8. The molecule has 0 aliphatic carbocycles. The zero-order valence-corrected chi connectivity index (χ0v) is 17.4. The van der Waals surface area contributed by atoms with Crippen molar-refractivity contribution in [2.45, 2.75) is 51.5 Å². The van der Waals surface area contributed by atoms with E-state index in [-0.39, 0.29) is 17.2 Å². The number of anilines is 2. The SMILES string of the molecule is CC(C)(C)c1csc(NC(=O)c2cccc(NC(=O)[C@@H](N)CCCCN)c2)n1. The summed E-state index contributed by atoms with van der Waals surface area (Å²) in [5.74, 6) is -0.553. The molecule has 2 amide bonds. The lowest BCUT2D eigenvalue weighted by Gasteiger charge is -2.14. The predicted octanol–water partition coefficient (Wildman–Crippen LogP) is 3.09. The van der Waals surface area contributed by atoms with Gasteiger partial charge in [-0.05, 0) is 37.6 Å². The number of aromatic nitrogens is 1. The third kappa shape index (κ3) is 6.40. The Morgan fingerprint density at radius 1 is 1.21 bits per heavy atom. The number of carbonyl (C=O) groups excluding carboxylic acids is 2. The molecule has 8 heteroatoms. The Bertz CT molecular complexity index is 813. The van der Waals surface area contributed by atoms with Gasteiger partial charge in [0.05, 0.1) is 11.7 Å². The molecule has 0 fully saturated rings. The molecule has 0 aliphatic rings. The van der Waals surface area contributed by atoms with E-state index in [4.69, 9.17) is 11.5 Å². The van der Waals surface area contributed by atoms with Crippen molar-refractivity contribution in [3.8, 4) is 0 Å². The number of nitrogens with one attached hydrogen (secondary N) is 2. The summed E-state index contributed by atoms with van der Waals surface area (Å²) in [6, 6.07) is 6.15. The molecule has 0 saturated heterocycles. The molecule has 1 atom stereocenters. The molecule has 6 N–H and O–H groups in total. The molecule has 0 aliphatic heterocycles. The largest absolute Gasteiger partial charge is 0.330 e. The molecule has 152 valence electrons. The first-order valence-electron chi connectivity index (χ1n) is 9.34. The number of unbranched alkanes of at least 4 members (excludes halogenated alkanes) is 1. The molecule has 28 heavy (non-hydrogen) atoms. The van der Waals surface area contributed by atoms with E-state index in [1.807, 2.05) is 5.38 Å². The van der Waals surface area contributed by atoms with Gasteiger partial charge in [-0.15, -0.1) is 11.3 Å². The van der Waals surface area contributed by atoms with Gasteiger partial charge in [0.2, 0.25) is 5.91 Å². The van der Waals surface area contributed by atoms with Crippen LogP contribution in [-0.2, 0) is 10.2 Å². The van der Waals surface area contributed by atoms with E-state index in [1.54, 1.807) is 24.3 Å². The second kappa shape index (κ2) is 9.77. The highest BCUT2D eigenvalue weighted by molar-refractivity contribution is 7.14. The summed E-state index contributed by atoms with van der Waals surface area (Å²) < 4.78 is 0. The minimum Gasteiger partial charge on any atom is -0.330 e. The number of carbonyl (C=O) groups is 2. The Morgan fingerprint density at radius 3 is 2.61 bits per heavy atom. The van der Waals surface area contributed by atoms with Crippen LogP contribution in [0.4, 0.5) is 10.8 Å². The Morgan fingerprint density at radius 2 is 1.96 bits per heavy atom. The molecule has 2 aromatic rings. The fourth-order valence-corrected chi connectivity index (χ4v) is 3.39. The van der Waals surface area contributed by atoms with Crippen LogP contribution in [0.2, 0.25) is 0 Å². The number of amides is 2. The summed E-state index contributed by atoms with van der Waals surface area (Å²) in [7, 11) is 0. The van der Waals surface area contributed by atoms with E-state index >= 15 is 0 Å². The van der Waals surface area contributed by atoms with Gasteiger partial charge in [0.25, 0.3) is 5.91 Å². The van der Waals surface area contributed by atoms with Gasteiger partial charge in [0.1, 0.15) is 0 Å². The van der Waals surface area contributed by atoms with Gasteiger partial charge in [-0.1, -0.05) is 33.3 Å². The van der Waals surface area contributed by atoms with Gasteiger partial charge in [-0.2, -0.15) is 0 Å². The lowest BCUT2D eigenvalue weighted by molar-refractivity contribution is -0.117. The molecule has 1 aromatic heterocycles. The molecule has 1 heterocycles. The smallest absolute Gasteiger partial charge is 0.257 e. The number of thiazole rings is 1. The fourth-order valence-electron chi connectivity index (χ4n) is 2.46. The van der Waals surface area contributed by atoms with Crippen molar-refractivity contribution in [3.63, 3.8) is 0 Å². The second-order valence-corrected chi connectivity index (χ2v) is 8.56. The van der Waals surface area contributed by atoms with Gasteiger partial charge in [-0.3, -0.25) is 14.9 Å².